The molecule has 0 bridgehead atoms. The number of aromatic nitrogens is 2. The van der Waals surface area contributed by atoms with Gasteiger partial charge in [-0.2, -0.15) is 5.10 Å². The summed E-state index contributed by atoms with van der Waals surface area (Å²) in [4.78, 5) is 0. The number of hydrogen-bond donors (Lipinski definition) is 1. The van der Waals surface area contributed by atoms with Crippen molar-refractivity contribution in [3.05, 3.63) is 46.2 Å². The molecule has 0 radical (unpaired) electrons. The summed E-state index contributed by atoms with van der Waals surface area (Å²) in [5.74, 6) is 0.614. The van der Waals surface area contributed by atoms with Crippen LogP contribution in [-0.2, 0) is 13.5 Å². The van der Waals surface area contributed by atoms with Crippen molar-refractivity contribution < 1.29 is 9.84 Å². The highest BCUT2D eigenvalue weighted by Crippen LogP contribution is 2.33. The van der Waals surface area contributed by atoms with Gasteiger partial charge in [-0.05, 0) is 24.6 Å². The maximum absolute atomic E-state index is 10.6. The Hall–Kier alpha value is -1.52. The zero-order chi connectivity index (χ0) is 14.0. The molecule has 19 heavy (non-hydrogen) atoms. The minimum absolute atomic E-state index is 0.566. The fraction of sp³-hybridized carbons (Fsp3) is 0.357. The summed E-state index contributed by atoms with van der Waals surface area (Å²) in [6.07, 6.45) is 1.79. The van der Waals surface area contributed by atoms with Crippen molar-refractivity contribution in [2.45, 2.75) is 19.4 Å². The molecule has 1 heterocycles. The molecule has 4 nitrogen and oxygen atoms in total. The van der Waals surface area contributed by atoms with Gasteiger partial charge in [0.1, 0.15) is 11.9 Å². The number of ether oxygens (including phenoxy) is 1. The van der Waals surface area contributed by atoms with Gasteiger partial charge in [-0.25, -0.2) is 0 Å². The molecule has 0 saturated carbocycles. The average molecular weight is 281 g/mol. The van der Waals surface area contributed by atoms with E-state index in [-0.39, 0.29) is 0 Å². The second-order valence-electron chi connectivity index (χ2n) is 4.35. The van der Waals surface area contributed by atoms with Crippen LogP contribution in [0.15, 0.2) is 24.4 Å². The van der Waals surface area contributed by atoms with E-state index in [9.17, 15) is 5.11 Å². The van der Waals surface area contributed by atoms with Gasteiger partial charge in [0, 0.05) is 29.4 Å². The maximum Gasteiger partial charge on any atom is 0.125 e. The van der Waals surface area contributed by atoms with E-state index in [2.05, 4.69) is 5.10 Å². The van der Waals surface area contributed by atoms with Gasteiger partial charge in [0.15, 0.2) is 0 Å². The van der Waals surface area contributed by atoms with E-state index >= 15 is 0 Å². The van der Waals surface area contributed by atoms with Crippen LogP contribution in [0, 0.1) is 0 Å². The minimum atomic E-state index is -0.794. The molecule has 1 unspecified atom stereocenters. The molecule has 1 N–H and O–H groups in total. The highest BCUT2D eigenvalue weighted by atomic mass is 35.5. The SMILES string of the molecule is CCc1nn(C)cc1C(O)c1cc(Cl)ccc1OC. The molecule has 0 saturated heterocycles. The fourth-order valence-electron chi connectivity index (χ4n) is 2.14. The lowest BCUT2D eigenvalue weighted by Gasteiger charge is -2.15. The molecule has 1 aromatic heterocycles. The van der Waals surface area contributed by atoms with Gasteiger partial charge in [-0.15, -0.1) is 0 Å². The Bertz CT molecular complexity index is 581. The van der Waals surface area contributed by atoms with E-state index in [0.717, 1.165) is 17.7 Å². The second-order valence-corrected chi connectivity index (χ2v) is 4.78. The molecule has 0 amide bonds. The van der Waals surface area contributed by atoms with Gasteiger partial charge < -0.3 is 9.84 Å². The third kappa shape index (κ3) is 2.74. The Morgan fingerprint density at radius 2 is 2.16 bits per heavy atom. The van der Waals surface area contributed by atoms with Crippen LogP contribution in [0.2, 0.25) is 5.02 Å². The number of nitrogens with zero attached hydrogens (tertiary/aromatic N) is 2. The molecule has 0 spiro atoms. The van der Waals surface area contributed by atoms with Crippen molar-refractivity contribution in [3.63, 3.8) is 0 Å². The minimum Gasteiger partial charge on any atom is -0.496 e. The molecule has 102 valence electrons. The summed E-state index contributed by atoms with van der Waals surface area (Å²) in [6.45, 7) is 2.01. The van der Waals surface area contributed by atoms with Crippen LogP contribution in [-0.4, -0.2) is 22.0 Å². The lowest BCUT2D eigenvalue weighted by molar-refractivity contribution is 0.213. The summed E-state index contributed by atoms with van der Waals surface area (Å²) >= 11 is 6.00. The average Bonchev–Trinajstić information content (AvgIpc) is 2.79. The Balaban J connectivity index is 2.48. The lowest BCUT2D eigenvalue weighted by atomic mass is 10.0. The van der Waals surface area contributed by atoms with Crippen LogP contribution in [0.5, 0.6) is 5.75 Å². The van der Waals surface area contributed by atoms with E-state index in [1.165, 1.54) is 0 Å². The van der Waals surface area contributed by atoms with E-state index in [4.69, 9.17) is 16.3 Å². The number of halogens is 1. The molecule has 5 heteroatoms. The van der Waals surface area contributed by atoms with E-state index < -0.39 is 6.10 Å². The number of methoxy groups -OCH3 is 1. The first-order valence-electron chi connectivity index (χ1n) is 6.10. The zero-order valence-corrected chi connectivity index (χ0v) is 12.0. The Morgan fingerprint density at radius 3 is 2.79 bits per heavy atom. The zero-order valence-electron chi connectivity index (χ0n) is 11.2. The summed E-state index contributed by atoms with van der Waals surface area (Å²) in [5.41, 5.74) is 2.31. The van der Waals surface area contributed by atoms with Crippen LogP contribution in [0.25, 0.3) is 0 Å². The lowest BCUT2D eigenvalue weighted by Crippen LogP contribution is -2.04. The smallest absolute Gasteiger partial charge is 0.125 e. The highest BCUT2D eigenvalue weighted by molar-refractivity contribution is 6.30. The molecule has 2 rings (SSSR count). The first-order valence-corrected chi connectivity index (χ1v) is 6.48. The van der Waals surface area contributed by atoms with Crippen molar-refractivity contribution >= 4 is 11.6 Å². The van der Waals surface area contributed by atoms with Crippen molar-refractivity contribution in [2.75, 3.05) is 7.11 Å². The topological polar surface area (TPSA) is 47.3 Å². The number of aliphatic hydroxyl groups is 1. The van der Waals surface area contributed by atoms with Crippen LogP contribution < -0.4 is 4.74 Å². The van der Waals surface area contributed by atoms with Crippen LogP contribution in [0.1, 0.15) is 29.8 Å². The first kappa shape index (κ1) is 13.9. The van der Waals surface area contributed by atoms with E-state index in [1.54, 1.807) is 30.0 Å². The second kappa shape index (κ2) is 5.63. The van der Waals surface area contributed by atoms with E-state index in [1.807, 2.05) is 20.2 Å². The van der Waals surface area contributed by atoms with Gasteiger partial charge >= 0.3 is 0 Å². The first-order chi connectivity index (χ1) is 9.06. The fourth-order valence-corrected chi connectivity index (χ4v) is 2.32. The molecule has 2 aromatic rings. The van der Waals surface area contributed by atoms with Crippen LogP contribution >= 0.6 is 11.6 Å². The third-order valence-corrected chi connectivity index (χ3v) is 3.29. The summed E-state index contributed by atoms with van der Waals surface area (Å²) in [6, 6.07) is 5.21. The Morgan fingerprint density at radius 1 is 1.42 bits per heavy atom. The predicted octanol–water partition coefficient (Wildman–Crippen LogP) is 2.73. The normalized spacial score (nSPS) is 12.5. The maximum atomic E-state index is 10.6. The molecule has 0 aliphatic heterocycles. The number of aryl methyl sites for hydroxylation is 2. The van der Waals surface area contributed by atoms with E-state index in [0.29, 0.717) is 16.3 Å². The van der Waals surface area contributed by atoms with Crippen molar-refractivity contribution in [3.8, 4) is 5.75 Å². The molecule has 0 fully saturated rings. The molecule has 0 aliphatic rings. The molecular formula is C14H17ClN2O2. The van der Waals surface area contributed by atoms with Crippen molar-refractivity contribution in [2.24, 2.45) is 7.05 Å². The van der Waals surface area contributed by atoms with Gasteiger partial charge in [0.05, 0.1) is 12.8 Å². The number of aliphatic hydroxyl groups excluding tert-OH is 1. The summed E-state index contributed by atoms with van der Waals surface area (Å²) in [7, 11) is 3.41. The van der Waals surface area contributed by atoms with Gasteiger partial charge in [0.2, 0.25) is 0 Å². The Labute approximate surface area is 117 Å². The third-order valence-electron chi connectivity index (χ3n) is 3.05. The molecular weight excluding hydrogens is 264 g/mol. The monoisotopic (exact) mass is 280 g/mol. The van der Waals surface area contributed by atoms with Crippen LogP contribution in [0.3, 0.4) is 0 Å². The molecule has 1 aromatic carbocycles. The number of hydrogen-bond acceptors (Lipinski definition) is 3. The van der Waals surface area contributed by atoms with Crippen LogP contribution in [0.4, 0.5) is 0 Å². The van der Waals surface area contributed by atoms with Gasteiger partial charge in [-0.3, -0.25) is 4.68 Å². The van der Waals surface area contributed by atoms with Gasteiger partial charge in [0.25, 0.3) is 0 Å². The summed E-state index contributed by atoms with van der Waals surface area (Å²) < 4.78 is 6.98. The number of rotatable bonds is 4. The Kier molecular flexibility index (Phi) is 4.12. The quantitative estimate of drug-likeness (QED) is 0.937. The highest BCUT2D eigenvalue weighted by Gasteiger charge is 2.20. The van der Waals surface area contributed by atoms with Crippen molar-refractivity contribution in [1.82, 2.24) is 9.78 Å². The number of benzene rings is 1. The standard InChI is InChI=1S/C14H17ClN2O2/c1-4-12-11(8-17(2)16-12)14(18)10-7-9(15)5-6-13(10)19-3/h5-8,14,18H,4H2,1-3H3. The summed E-state index contributed by atoms with van der Waals surface area (Å²) in [5, 5.41) is 15.5. The van der Waals surface area contributed by atoms with Gasteiger partial charge in [-0.1, -0.05) is 18.5 Å². The van der Waals surface area contributed by atoms with Crippen molar-refractivity contribution in [1.29, 1.82) is 0 Å². The largest absolute Gasteiger partial charge is 0.496 e. The predicted molar refractivity (Wildman–Crippen MR) is 74.7 cm³/mol. The molecule has 0 aliphatic carbocycles. The molecule has 1 atom stereocenters.